The van der Waals surface area contributed by atoms with Crippen LogP contribution in [0.25, 0.3) is 0 Å². The maximum Gasteiger partial charge on any atom is 0.326 e. The van der Waals surface area contributed by atoms with Crippen LogP contribution in [0.4, 0.5) is 0 Å². The first-order valence-corrected chi connectivity index (χ1v) is 9.68. The van der Waals surface area contributed by atoms with Gasteiger partial charge in [-0.05, 0) is 23.1 Å². The second-order valence-corrected chi connectivity index (χ2v) is 6.91. The van der Waals surface area contributed by atoms with Crippen LogP contribution >= 0.6 is 0 Å². The van der Waals surface area contributed by atoms with Gasteiger partial charge in [-0.3, -0.25) is 4.79 Å². The standard InChI is InChI=1S/C25H22N2O3/c26-18-10-17-22(23(28)29)27-24(30)25(19-11-4-1-5-12-19,20-13-6-2-7-14-20)21-15-8-3-9-16-21/h1-9,11-16,22H,10,17H2,(H,27,30)(H,28,29)/t22-/m0/s1. The number of nitriles is 1. The number of carbonyl (C=O) groups excluding carboxylic acids is 1. The predicted molar refractivity (Wildman–Crippen MR) is 114 cm³/mol. The van der Waals surface area contributed by atoms with E-state index in [1.54, 1.807) is 0 Å². The van der Waals surface area contributed by atoms with Gasteiger partial charge < -0.3 is 10.4 Å². The molecule has 3 rings (SSSR count). The number of carboxylic acids is 1. The van der Waals surface area contributed by atoms with Crippen molar-refractivity contribution in [2.75, 3.05) is 0 Å². The van der Waals surface area contributed by atoms with E-state index < -0.39 is 23.3 Å². The van der Waals surface area contributed by atoms with Crippen molar-refractivity contribution in [3.8, 4) is 6.07 Å². The van der Waals surface area contributed by atoms with Crippen LogP contribution < -0.4 is 5.32 Å². The Balaban J connectivity index is 2.22. The molecule has 30 heavy (non-hydrogen) atoms. The van der Waals surface area contributed by atoms with Crippen LogP contribution in [0.15, 0.2) is 91.0 Å². The summed E-state index contributed by atoms with van der Waals surface area (Å²) in [7, 11) is 0. The van der Waals surface area contributed by atoms with E-state index in [9.17, 15) is 14.7 Å². The average molecular weight is 398 g/mol. The van der Waals surface area contributed by atoms with Crippen molar-refractivity contribution in [2.45, 2.75) is 24.3 Å². The zero-order valence-electron chi connectivity index (χ0n) is 16.4. The minimum atomic E-state index is -1.25. The molecule has 2 N–H and O–H groups in total. The van der Waals surface area contributed by atoms with Gasteiger partial charge in [0.05, 0.1) is 6.07 Å². The SMILES string of the molecule is N#CCC[C@H](NC(=O)C(c1ccccc1)(c1ccccc1)c1ccccc1)C(=O)O. The molecule has 0 saturated carbocycles. The fraction of sp³-hybridized carbons (Fsp3) is 0.160. The van der Waals surface area contributed by atoms with E-state index in [0.717, 1.165) is 16.7 Å². The molecule has 0 aliphatic rings. The highest BCUT2D eigenvalue weighted by atomic mass is 16.4. The summed E-state index contributed by atoms with van der Waals surface area (Å²) in [5.41, 5.74) is 0.933. The summed E-state index contributed by atoms with van der Waals surface area (Å²) in [4.78, 5) is 25.6. The van der Waals surface area contributed by atoms with Crippen molar-refractivity contribution in [3.63, 3.8) is 0 Å². The molecule has 3 aromatic carbocycles. The minimum Gasteiger partial charge on any atom is -0.480 e. The van der Waals surface area contributed by atoms with E-state index in [4.69, 9.17) is 5.26 Å². The van der Waals surface area contributed by atoms with E-state index in [0.29, 0.717) is 0 Å². The van der Waals surface area contributed by atoms with Gasteiger partial charge in [-0.1, -0.05) is 91.0 Å². The third-order valence-electron chi connectivity index (χ3n) is 5.11. The van der Waals surface area contributed by atoms with Gasteiger partial charge in [-0.25, -0.2) is 4.79 Å². The smallest absolute Gasteiger partial charge is 0.326 e. The van der Waals surface area contributed by atoms with Gasteiger partial charge in [-0.15, -0.1) is 0 Å². The van der Waals surface area contributed by atoms with Crippen molar-refractivity contribution < 1.29 is 14.7 Å². The third-order valence-corrected chi connectivity index (χ3v) is 5.11. The molecule has 1 atom stereocenters. The molecule has 0 heterocycles. The first-order chi connectivity index (χ1) is 14.6. The number of rotatable bonds is 8. The maximum atomic E-state index is 13.9. The lowest BCUT2D eigenvalue weighted by molar-refractivity contribution is -0.142. The van der Waals surface area contributed by atoms with Gasteiger partial charge in [0, 0.05) is 6.42 Å². The summed E-state index contributed by atoms with van der Waals surface area (Å²) in [5, 5.41) is 21.2. The monoisotopic (exact) mass is 398 g/mol. The predicted octanol–water partition coefficient (Wildman–Crippen LogP) is 3.89. The molecule has 150 valence electrons. The summed E-state index contributed by atoms with van der Waals surface area (Å²) >= 11 is 0. The molecular weight excluding hydrogens is 376 g/mol. The first kappa shape index (κ1) is 20.8. The number of carboxylic acid groups (broad SMARTS) is 1. The van der Waals surface area contributed by atoms with Crippen molar-refractivity contribution in [3.05, 3.63) is 108 Å². The summed E-state index contributed by atoms with van der Waals surface area (Å²) in [5.74, 6) is -1.61. The molecule has 5 heteroatoms. The number of carbonyl (C=O) groups is 2. The van der Waals surface area contributed by atoms with Crippen LogP contribution in [0.1, 0.15) is 29.5 Å². The van der Waals surface area contributed by atoms with Gasteiger partial charge in [0.2, 0.25) is 5.91 Å². The Morgan fingerprint density at radius 2 is 1.23 bits per heavy atom. The molecule has 3 aromatic rings. The number of benzene rings is 3. The highest BCUT2D eigenvalue weighted by Gasteiger charge is 2.44. The summed E-state index contributed by atoms with van der Waals surface area (Å²) in [6.45, 7) is 0. The van der Waals surface area contributed by atoms with Crippen molar-refractivity contribution in [1.82, 2.24) is 5.32 Å². The Morgan fingerprint density at radius 3 is 1.57 bits per heavy atom. The Kier molecular flexibility index (Phi) is 6.61. The van der Waals surface area contributed by atoms with Crippen molar-refractivity contribution in [2.24, 2.45) is 0 Å². The van der Waals surface area contributed by atoms with E-state index in [1.807, 2.05) is 97.1 Å². The number of aliphatic carboxylic acids is 1. The van der Waals surface area contributed by atoms with Crippen molar-refractivity contribution in [1.29, 1.82) is 5.26 Å². The first-order valence-electron chi connectivity index (χ1n) is 9.68. The molecule has 1 amide bonds. The van der Waals surface area contributed by atoms with Gasteiger partial charge in [0.25, 0.3) is 0 Å². The number of hydrogen-bond acceptors (Lipinski definition) is 3. The molecule has 5 nitrogen and oxygen atoms in total. The number of nitrogens with zero attached hydrogens (tertiary/aromatic N) is 1. The van der Waals surface area contributed by atoms with Crippen LogP contribution in [0.2, 0.25) is 0 Å². The molecular formula is C25H22N2O3. The van der Waals surface area contributed by atoms with E-state index >= 15 is 0 Å². The molecule has 0 radical (unpaired) electrons. The largest absolute Gasteiger partial charge is 0.480 e. The second-order valence-electron chi connectivity index (χ2n) is 6.91. The Labute approximate surface area is 175 Å². The molecule has 0 aliphatic heterocycles. The van der Waals surface area contributed by atoms with Crippen molar-refractivity contribution >= 4 is 11.9 Å². The van der Waals surface area contributed by atoms with Crippen LogP contribution in [0, 0.1) is 11.3 Å². The highest BCUT2D eigenvalue weighted by molar-refractivity contribution is 5.98. The van der Waals surface area contributed by atoms with Gasteiger partial charge in [0.15, 0.2) is 0 Å². The quantitative estimate of drug-likeness (QED) is 0.563. The summed E-state index contributed by atoms with van der Waals surface area (Å²) < 4.78 is 0. The lowest BCUT2D eigenvalue weighted by atomic mass is 9.68. The number of nitrogens with one attached hydrogen (secondary N) is 1. The van der Waals surface area contributed by atoms with Gasteiger partial charge in [0.1, 0.15) is 11.5 Å². The van der Waals surface area contributed by atoms with Crippen LogP contribution in [-0.2, 0) is 15.0 Å². The fourth-order valence-corrected chi connectivity index (χ4v) is 3.69. The molecule has 0 aromatic heterocycles. The van der Waals surface area contributed by atoms with Crippen LogP contribution in [0.3, 0.4) is 0 Å². The lowest BCUT2D eigenvalue weighted by Crippen LogP contribution is -2.51. The molecule has 0 saturated heterocycles. The summed E-state index contributed by atoms with van der Waals surface area (Å²) in [6, 6.07) is 28.7. The van der Waals surface area contributed by atoms with Crippen LogP contribution in [0.5, 0.6) is 0 Å². The molecule has 0 aliphatic carbocycles. The zero-order valence-corrected chi connectivity index (χ0v) is 16.4. The highest BCUT2D eigenvalue weighted by Crippen LogP contribution is 2.39. The van der Waals surface area contributed by atoms with E-state index in [1.165, 1.54) is 0 Å². The molecule has 0 unspecified atom stereocenters. The van der Waals surface area contributed by atoms with Gasteiger partial charge in [-0.2, -0.15) is 5.26 Å². The Hall–Kier alpha value is -3.91. The normalized spacial score (nSPS) is 11.8. The lowest BCUT2D eigenvalue weighted by Gasteiger charge is -2.35. The summed E-state index contributed by atoms with van der Waals surface area (Å²) in [6.07, 6.45) is 0.0677. The van der Waals surface area contributed by atoms with E-state index in [-0.39, 0.29) is 12.8 Å². The number of hydrogen-bond donors (Lipinski definition) is 2. The average Bonchev–Trinajstić information content (AvgIpc) is 2.79. The molecule has 0 spiro atoms. The maximum absolute atomic E-state index is 13.9. The molecule has 0 fully saturated rings. The topological polar surface area (TPSA) is 90.2 Å². The third kappa shape index (κ3) is 4.08. The Morgan fingerprint density at radius 1 is 0.833 bits per heavy atom. The zero-order chi connectivity index (χ0) is 21.4. The van der Waals surface area contributed by atoms with E-state index in [2.05, 4.69) is 5.32 Å². The fourth-order valence-electron chi connectivity index (χ4n) is 3.69. The Bertz CT molecular complexity index is 932. The number of amides is 1. The molecule has 0 bridgehead atoms. The van der Waals surface area contributed by atoms with Gasteiger partial charge >= 0.3 is 5.97 Å². The minimum absolute atomic E-state index is 0.0338. The van der Waals surface area contributed by atoms with Crippen LogP contribution in [-0.4, -0.2) is 23.0 Å². The second kappa shape index (κ2) is 9.53.